The Kier molecular flexibility index (Phi) is 5.31. The van der Waals surface area contributed by atoms with E-state index in [2.05, 4.69) is 15.6 Å². The second kappa shape index (κ2) is 6.99. The molecule has 1 aromatic heterocycles. The minimum absolute atomic E-state index is 0. The molecule has 0 radical (unpaired) electrons. The van der Waals surface area contributed by atoms with Crippen LogP contribution in [0.15, 0.2) is 24.3 Å². The van der Waals surface area contributed by atoms with E-state index in [0.717, 1.165) is 21.8 Å². The zero-order valence-electron chi connectivity index (χ0n) is 10.8. The van der Waals surface area contributed by atoms with Crippen molar-refractivity contribution < 1.29 is 9.53 Å². The van der Waals surface area contributed by atoms with Crippen LogP contribution in [0.2, 0.25) is 0 Å². The summed E-state index contributed by atoms with van der Waals surface area (Å²) < 4.78 is 6.54. The molecule has 1 fully saturated rings. The number of carbonyl (C=O) groups is 1. The lowest BCUT2D eigenvalue weighted by atomic mass is 10.3. The molecule has 1 aliphatic rings. The highest BCUT2D eigenvalue weighted by Gasteiger charge is 2.21. The molecule has 2 N–H and O–H groups in total. The lowest BCUT2D eigenvalue weighted by Crippen LogP contribution is -2.47. The van der Waals surface area contributed by atoms with Crippen molar-refractivity contribution in [2.45, 2.75) is 12.6 Å². The Bertz CT molecular complexity index is 551. The standard InChI is InChI=1S/C13H15N3O2S.ClH/c17-13(10-7-14-5-6-18-10)15-8-12-16-9-3-1-2-4-11(9)19-12;/h1-4,10,14H,5-8H2,(H,15,17);1H. The molecular weight excluding hydrogens is 298 g/mol. The van der Waals surface area contributed by atoms with Gasteiger partial charge in [-0.2, -0.15) is 0 Å². The highest BCUT2D eigenvalue weighted by molar-refractivity contribution is 7.18. The molecule has 1 aliphatic heterocycles. The first-order chi connectivity index (χ1) is 9.33. The van der Waals surface area contributed by atoms with Crippen LogP contribution in [-0.4, -0.2) is 36.7 Å². The van der Waals surface area contributed by atoms with Crippen LogP contribution in [0.3, 0.4) is 0 Å². The van der Waals surface area contributed by atoms with E-state index >= 15 is 0 Å². The smallest absolute Gasteiger partial charge is 0.250 e. The molecule has 3 rings (SSSR count). The molecule has 0 bridgehead atoms. The van der Waals surface area contributed by atoms with Crippen molar-refractivity contribution in [3.63, 3.8) is 0 Å². The molecule has 0 aliphatic carbocycles. The third-order valence-electron chi connectivity index (χ3n) is 2.97. The van der Waals surface area contributed by atoms with Crippen LogP contribution in [0.4, 0.5) is 0 Å². The molecule has 2 aromatic rings. The Labute approximate surface area is 127 Å². The van der Waals surface area contributed by atoms with Crippen molar-refractivity contribution in [3.8, 4) is 0 Å². The number of ether oxygens (including phenoxy) is 1. The van der Waals surface area contributed by atoms with Gasteiger partial charge in [0.05, 0.1) is 23.4 Å². The van der Waals surface area contributed by atoms with Crippen molar-refractivity contribution in [3.05, 3.63) is 29.3 Å². The number of carbonyl (C=O) groups excluding carboxylic acids is 1. The van der Waals surface area contributed by atoms with E-state index in [4.69, 9.17) is 4.74 Å². The number of aromatic nitrogens is 1. The van der Waals surface area contributed by atoms with Crippen LogP contribution < -0.4 is 10.6 Å². The highest BCUT2D eigenvalue weighted by Crippen LogP contribution is 2.21. The second-order valence-corrected chi connectivity index (χ2v) is 5.47. The van der Waals surface area contributed by atoms with Crippen LogP contribution in [-0.2, 0) is 16.1 Å². The van der Waals surface area contributed by atoms with E-state index in [1.165, 1.54) is 0 Å². The van der Waals surface area contributed by atoms with Gasteiger partial charge in [-0.25, -0.2) is 4.98 Å². The average Bonchev–Trinajstić information content (AvgIpc) is 2.88. The Morgan fingerprint density at radius 1 is 1.50 bits per heavy atom. The number of amides is 1. The molecule has 5 nitrogen and oxygen atoms in total. The Morgan fingerprint density at radius 2 is 2.35 bits per heavy atom. The molecule has 2 heterocycles. The predicted octanol–water partition coefficient (Wildman–Crippen LogP) is 1.32. The number of hydrogen-bond donors (Lipinski definition) is 2. The summed E-state index contributed by atoms with van der Waals surface area (Å²) in [6, 6.07) is 7.97. The minimum atomic E-state index is -0.386. The molecule has 7 heteroatoms. The maximum atomic E-state index is 11.9. The number of thiazole rings is 1. The first kappa shape index (κ1) is 15.2. The number of nitrogens with one attached hydrogen (secondary N) is 2. The first-order valence-corrected chi connectivity index (χ1v) is 7.09. The topological polar surface area (TPSA) is 63.2 Å². The number of morpholine rings is 1. The number of hydrogen-bond acceptors (Lipinski definition) is 5. The SMILES string of the molecule is Cl.O=C(NCc1nc2ccccc2s1)C1CNCCO1. The summed E-state index contributed by atoms with van der Waals surface area (Å²) in [5.41, 5.74) is 0.979. The van der Waals surface area contributed by atoms with E-state index in [0.29, 0.717) is 19.7 Å². The van der Waals surface area contributed by atoms with Crippen molar-refractivity contribution in [2.24, 2.45) is 0 Å². The molecule has 0 spiro atoms. The van der Waals surface area contributed by atoms with Crippen LogP contribution in [0.1, 0.15) is 5.01 Å². The molecule has 20 heavy (non-hydrogen) atoms. The fraction of sp³-hybridized carbons (Fsp3) is 0.385. The number of para-hydroxylation sites is 1. The summed E-state index contributed by atoms with van der Waals surface area (Å²) in [5, 5.41) is 6.93. The normalized spacial score (nSPS) is 18.5. The van der Waals surface area contributed by atoms with Gasteiger partial charge >= 0.3 is 0 Å². The van der Waals surface area contributed by atoms with Gasteiger partial charge in [-0.1, -0.05) is 12.1 Å². The van der Waals surface area contributed by atoms with Gasteiger partial charge in [0.1, 0.15) is 11.1 Å². The fourth-order valence-corrected chi connectivity index (χ4v) is 2.91. The van der Waals surface area contributed by atoms with Crippen molar-refractivity contribution >= 4 is 39.9 Å². The van der Waals surface area contributed by atoms with Crippen LogP contribution in [0, 0.1) is 0 Å². The Morgan fingerprint density at radius 3 is 3.10 bits per heavy atom. The maximum absolute atomic E-state index is 11.9. The summed E-state index contributed by atoms with van der Waals surface area (Å²) in [7, 11) is 0. The number of halogens is 1. The van der Waals surface area contributed by atoms with Gasteiger partial charge in [-0.15, -0.1) is 23.7 Å². The number of nitrogens with zero attached hydrogens (tertiary/aromatic N) is 1. The van der Waals surface area contributed by atoms with E-state index in [1.54, 1.807) is 11.3 Å². The van der Waals surface area contributed by atoms with Gasteiger partial charge in [-0.3, -0.25) is 4.79 Å². The van der Waals surface area contributed by atoms with E-state index in [9.17, 15) is 4.79 Å². The molecule has 0 saturated carbocycles. The van der Waals surface area contributed by atoms with Gasteiger partial charge in [0.15, 0.2) is 0 Å². The van der Waals surface area contributed by atoms with Gasteiger partial charge in [-0.05, 0) is 12.1 Å². The zero-order chi connectivity index (χ0) is 13.1. The van der Waals surface area contributed by atoms with Gasteiger partial charge < -0.3 is 15.4 Å². The molecule has 1 amide bonds. The average molecular weight is 314 g/mol. The number of fused-ring (bicyclic) bond motifs is 1. The summed E-state index contributed by atoms with van der Waals surface area (Å²) in [6.45, 7) is 2.42. The maximum Gasteiger partial charge on any atom is 0.250 e. The molecule has 1 unspecified atom stereocenters. The molecule has 108 valence electrons. The van der Waals surface area contributed by atoms with E-state index in [-0.39, 0.29) is 24.4 Å². The Hall–Kier alpha value is -1.21. The summed E-state index contributed by atoms with van der Waals surface area (Å²) >= 11 is 1.60. The third kappa shape index (κ3) is 3.46. The molecule has 1 aromatic carbocycles. The summed E-state index contributed by atoms with van der Waals surface area (Å²) in [4.78, 5) is 16.4. The first-order valence-electron chi connectivity index (χ1n) is 6.27. The van der Waals surface area contributed by atoms with Crippen molar-refractivity contribution in [1.82, 2.24) is 15.6 Å². The van der Waals surface area contributed by atoms with Gasteiger partial charge in [0.25, 0.3) is 5.91 Å². The van der Waals surface area contributed by atoms with E-state index < -0.39 is 0 Å². The van der Waals surface area contributed by atoms with E-state index in [1.807, 2.05) is 24.3 Å². The Balaban J connectivity index is 0.00000147. The summed E-state index contributed by atoms with van der Waals surface area (Å²) in [5.74, 6) is -0.0774. The molecule has 1 atom stereocenters. The van der Waals surface area contributed by atoms with Crippen LogP contribution in [0.25, 0.3) is 10.2 Å². The second-order valence-electron chi connectivity index (χ2n) is 4.36. The number of benzene rings is 1. The van der Waals surface area contributed by atoms with Crippen molar-refractivity contribution in [2.75, 3.05) is 19.7 Å². The van der Waals surface area contributed by atoms with Crippen molar-refractivity contribution in [1.29, 1.82) is 0 Å². The monoisotopic (exact) mass is 313 g/mol. The lowest BCUT2D eigenvalue weighted by Gasteiger charge is -2.22. The largest absolute Gasteiger partial charge is 0.366 e. The lowest BCUT2D eigenvalue weighted by molar-refractivity contribution is -0.134. The van der Waals surface area contributed by atoms with Gasteiger partial charge in [0, 0.05) is 13.1 Å². The molecule has 1 saturated heterocycles. The quantitative estimate of drug-likeness (QED) is 0.897. The minimum Gasteiger partial charge on any atom is -0.366 e. The fourth-order valence-electron chi connectivity index (χ4n) is 2.01. The zero-order valence-corrected chi connectivity index (χ0v) is 12.4. The third-order valence-corrected chi connectivity index (χ3v) is 4.01. The van der Waals surface area contributed by atoms with Crippen LogP contribution >= 0.6 is 23.7 Å². The predicted molar refractivity (Wildman–Crippen MR) is 81.3 cm³/mol. The highest BCUT2D eigenvalue weighted by atomic mass is 35.5. The van der Waals surface area contributed by atoms with Crippen LogP contribution in [0.5, 0.6) is 0 Å². The summed E-state index contributed by atoms with van der Waals surface area (Å²) in [6.07, 6.45) is -0.386. The molecular formula is C13H16ClN3O2S. The van der Waals surface area contributed by atoms with Gasteiger partial charge in [0.2, 0.25) is 0 Å². The number of rotatable bonds is 3.